The zero-order chi connectivity index (χ0) is 16.1. The predicted octanol–water partition coefficient (Wildman–Crippen LogP) is 3.25. The first-order valence-corrected chi connectivity index (χ1v) is 8.34. The van der Waals surface area contributed by atoms with Crippen molar-refractivity contribution in [2.45, 2.75) is 6.43 Å². The van der Waals surface area contributed by atoms with Gasteiger partial charge in [0.25, 0.3) is 6.43 Å². The molecule has 0 spiro atoms. The van der Waals surface area contributed by atoms with Crippen LogP contribution in [0.25, 0.3) is 0 Å². The number of piperazine rings is 1. The van der Waals surface area contributed by atoms with Gasteiger partial charge in [0.05, 0.1) is 6.54 Å². The summed E-state index contributed by atoms with van der Waals surface area (Å²) in [5.41, 5.74) is 0.665. The van der Waals surface area contributed by atoms with Crippen molar-refractivity contribution >= 4 is 16.5 Å². The molecule has 2 aromatic rings. The van der Waals surface area contributed by atoms with E-state index in [1.165, 1.54) is 12.1 Å². The standard InChI is InChI=1S/C17H17F2N3S/c18-16(19)15-5-1-3-14(13-15)4-2-7-21-8-10-22(11-9-21)17-20-6-12-23-17/h1,3,5-6,12-13,16H,7-11H2. The van der Waals surface area contributed by atoms with Gasteiger partial charge in [-0.15, -0.1) is 11.3 Å². The third kappa shape index (κ3) is 4.27. The van der Waals surface area contributed by atoms with Gasteiger partial charge in [-0.05, 0) is 12.1 Å². The highest BCUT2D eigenvalue weighted by molar-refractivity contribution is 7.13. The second kappa shape index (κ2) is 7.53. The molecule has 0 saturated carbocycles. The number of aromatic nitrogens is 1. The van der Waals surface area contributed by atoms with E-state index in [2.05, 4.69) is 26.6 Å². The van der Waals surface area contributed by atoms with E-state index in [0.29, 0.717) is 12.1 Å². The Balaban J connectivity index is 1.51. The van der Waals surface area contributed by atoms with Crippen LogP contribution in [0.3, 0.4) is 0 Å². The summed E-state index contributed by atoms with van der Waals surface area (Å²) < 4.78 is 25.3. The molecule has 0 bridgehead atoms. The van der Waals surface area contributed by atoms with Gasteiger partial charge in [-0.2, -0.15) is 0 Å². The van der Waals surface area contributed by atoms with Crippen molar-refractivity contribution in [1.82, 2.24) is 9.88 Å². The molecule has 1 aromatic heterocycles. The van der Waals surface area contributed by atoms with Crippen molar-refractivity contribution in [3.8, 4) is 11.8 Å². The molecule has 0 atom stereocenters. The summed E-state index contributed by atoms with van der Waals surface area (Å²) in [5, 5.41) is 3.06. The Morgan fingerprint density at radius 1 is 1.22 bits per heavy atom. The summed E-state index contributed by atoms with van der Waals surface area (Å²) in [6, 6.07) is 6.27. The average Bonchev–Trinajstić information content (AvgIpc) is 3.10. The molecule has 0 radical (unpaired) electrons. The Morgan fingerprint density at radius 3 is 2.74 bits per heavy atom. The monoisotopic (exact) mass is 333 g/mol. The minimum absolute atomic E-state index is 0.0221. The highest BCUT2D eigenvalue weighted by atomic mass is 32.1. The van der Waals surface area contributed by atoms with E-state index in [0.717, 1.165) is 31.3 Å². The molecule has 2 heterocycles. The summed E-state index contributed by atoms with van der Waals surface area (Å²) in [4.78, 5) is 8.88. The third-order valence-electron chi connectivity index (χ3n) is 3.74. The lowest BCUT2D eigenvalue weighted by atomic mass is 10.1. The van der Waals surface area contributed by atoms with E-state index >= 15 is 0 Å². The van der Waals surface area contributed by atoms with Crippen molar-refractivity contribution in [2.24, 2.45) is 0 Å². The van der Waals surface area contributed by atoms with Crippen LogP contribution in [0.2, 0.25) is 0 Å². The number of anilines is 1. The summed E-state index contributed by atoms with van der Waals surface area (Å²) >= 11 is 1.66. The number of hydrogen-bond donors (Lipinski definition) is 0. The van der Waals surface area contributed by atoms with Crippen molar-refractivity contribution in [3.05, 3.63) is 47.0 Å². The highest BCUT2D eigenvalue weighted by Crippen LogP contribution is 2.19. The van der Waals surface area contributed by atoms with Crippen LogP contribution in [0.5, 0.6) is 0 Å². The van der Waals surface area contributed by atoms with Crippen molar-refractivity contribution in [3.63, 3.8) is 0 Å². The fourth-order valence-corrected chi connectivity index (χ4v) is 3.17. The van der Waals surface area contributed by atoms with Gasteiger partial charge in [0.1, 0.15) is 0 Å². The molecular weight excluding hydrogens is 316 g/mol. The van der Waals surface area contributed by atoms with E-state index in [9.17, 15) is 8.78 Å². The van der Waals surface area contributed by atoms with Crippen LogP contribution >= 0.6 is 11.3 Å². The zero-order valence-corrected chi connectivity index (χ0v) is 13.4. The smallest absolute Gasteiger partial charge is 0.263 e. The molecular formula is C17H17F2N3S. The Labute approximate surface area is 138 Å². The van der Waals surface area contributed by atoms with Crippen LogP contribution in [0.1, 0.15) is 17.6 Å². The molecule has 120 valence electrons. The summed E-state index contributed by atoms with van der Waals surface area (Å²) in [5.74, 6) is 6.06. The predicted molar refractivity (Wildman–Crippen MR) is 89.0 cm³/mol. The number of rotatable bonds is 3. The molecule has 1 aliphatic heterocycles. The lowest BCUT2D eigenvalue weighted by Crippen LogP contribution is -2.46. The van der Waals surface area contributed by atoms with Crippen LogP contribution < -0.4 is 4.90 Å². The van der Waals surface area contributed by atoms with Gasteiger partial charge in [0.15, 0.2) is 5.13 Å². The number of halogens is 2. The topological polar surface area (TPSA) is 19.4 Å². The number of benzene rings is 1. The molecule has 1 aromatic carbocycles. The minimum Gasteiger partial charge on any atom is -0.346 e. The fourth-order valence-electron chi connectivity index (χ4n) is 2.47. The van der Waals surface area contributed by atoms with Gasteiger partial charge >= 0.3 is 0 Å². The third-order valence-corrected chi connectivity index (χ3v) is 4.57. The van der Waals surface area contributed by atoms with Crippen LogP contribution in [0, 0.1) is 11.8 Å². The molecule has 6 heteroatoms. The second-order valence-corrected chi connectivity index (χ2v) is 6.18. The van der Waals surface area contributed by atoms with Crippen molar-refractivity contribution in [2.75, 3.05) is 37.6 Å². The van der Waals surface area contributed by atoms with E-state index in [1.807, 2.05) is 11.6 Å². The molecule has 1 aliphatic rings. The molecule has 1 saturated heterocycles. The van der Waals surface area contributed by atoms with Crippen molar-refractivity contribution < 1.29 is 8.78 Å². The Bertz CT molecular complexity index is 683. The van der Waals surface area contributed by atoms with Gasteiger partial charge in [-0.25, -0.2) is 13.8 Å². The number of thiazole rings is 1. The molecule has 3 nitrogen and oxygen atoms in total. The lowest BCUT2D eigenvalue weighted by Gasteiger charge is -2.33. The number of alkyl halides is 2. The van der Waals surface area contributed by atoms with Crippen LogP contribution in [0.15, 0.2) is 35.8 Å². The van der Waals surface area contributed by atoms with E-state index in [4.69, 9.17) is 0 Å². The van der Waals surface area contributed by atoms with E-state index in [1.54, 1.807) is 23.5 Å². The van der Waals surface area contributed by atoms with Gasteiger partial charge in [0, 0.05) is 48.9 Å². The van der Waals surface area contributed by atoms with Gasteiger partial charge in [-0.3, -0.25) is 4.90 Å². The lowest BCUT2D eigenvalue weighted by molar-refractivity contribution is 0.151. The largest absolute Gasteiger partial charge is 0.346 e. The van der Waals surface area contributed by atoms with E-state index < -0.39 is 6.43 Å². The van der Waals surface area contributed by atoms with Crippen LogP contribution in [-0.2, 0) is 0 Å². The van der Waals surface area contributed by atoms with Gasteiger partial charge in [0.2, 0.25) is 0 Å². The maximum absolute atomic E-state index is 12.6. The maximum atomic E-state index is 12.6. The summed E-state index contributed by atoms with van der Waals surface area (Å²) in [7, 11) is 0. The first-order chi connectivity index (χ1) is 11.2. The van der Waals surface area contributed by atoms with Crippen LogP contribution in [-0.4, -0.2) is 42.6 Å². The Morgan fingerprint density at radius 2 is 2.04 bits per heavy atom. The molecule has 0 N–H and O–H groups in total. The zero-order valence-electron chi connectivity index (χ0n) is 12.6. The normalized spacial score (nSPS) is 15.5. The maximum Gasteiger partial charge on any atom is 0.263 e. The molecule has 1 fully saturated rings. The van der Waals surface area contributed by atoms with Crippen LogP contribution in [0.4, 0.5) is 13.9 Å². The summed E-state index contributed by atoms with van der Waals surface area (Å²) in [6.07, 6.45) is -0.624. The SMILES string of the molecule is FC(F)c1cccc(C#CCN2CCN(c3nccs3)CC2)c1. The molecule has 0 aliphatic carbocycles. The number of hydrogen-bond acceptors (Lipinski definition) is 4. The second-order valence-electron chi connectivity index (χ2n) is 5.31. The first kappa shape index (κ1) is 15.9. The van der Waals surface area contributed by atoms with E-state index in [-0.39, 0.29) is 5.56 Å². The Hall–Kier alpha value is -1.97. The van der Waals surface area contributed by atoms with Crippen molar-refractivity contribution in [1.29, 1.82) is 0 Å². The summed E-state index contributed by atoms with van der Waals surface area (Å²) in [6.45, 7) is 4.41. The average molecular weight is 333 g/mol. The van der Waals surface area contributed by atoms with Gasteiger partial charge in [-0.1, -0.05) is 24.0 Å². The quantitative estimate of drug-likeness (QED) is 0.804. The highest BCUT2D eigenvalue weighted by Gasteiger charge is 2.17. The fraction of sp³-hybridized carbons (Fsp3) is 0.353. The molecule has 23 heavy (non-hydrogen) atoms. The molecule has 0 amide bonds. The molecule has 0 unspecified atom stereocenters. The number of nitrogens with zero attached hydrogens (tertiary/aromatic N) is 3. The van der Waals surface area contributed by atoms with Gasteiger partial charge < -0.3 is 4.90 Å². The first-order valence-electron chi connectivity index (χ1n) is 7.46. The Kier molecular flexibility index (Phi) is 5.21. The minimum atomic E-state index is -2.45. The molecule has 3 rings (SSSR count).